The Bertz CT molecular complexity index is 760. The van der Waals surface area contributed by atoms with Gasteiger partial charge in [-0.15, -0.1) is 0 Å². The molecule has 180 valence electrons. The Morgan fingerprint density at radius 3 is 2.47 bits per heavy atom. The first kappa shape index (κ1) is 28.8. The summed E-state index contributed by atoms with van der Waals surface area (Å²) in [5.74, 6) is 0.446. The van der Waals surface area contributed by atoms with Crippen molar-refractivity contribution in [3.63, 3.8) is 0 Å². The molecule has 2 unspecified atom stereocenters. The van der Waals surface area contributed by atoms with E-state index in [1.165, 1.54) is 6.33 Å². The van der Waals surface area contributed by atoms with Crippen molar-refractivity contribution in [2.45, 2.75) is 39.0 Å². The average molecular weight is 455 g/mol. The molecule has 0 spiro atoms. The summed E-state index contributed by atoms with van der Waals surface area (Å²) < 4.78 is 5.85. The Morgan fingerprint density at radius 1 is 1.25 bits per heavy atom. The van der Waals surface area contributed by atoms with Gasteiger partial charge in [0.1, 0.15) is 36.1 Å². The summed E-state index contributed by atoms with van der Waals surface area (Å²) in [5, 5.41) is 31.0. The van der Waals surface area contributed by atoms with Gasteiger partial charge in [-0.3, -0.25) is 10.1 Å². The van der Waals surface area contributed by atoms with E-state index >= 15 is 0 Å². The van der Waals surface area contributed by atoms with Crippen LogP contribution < -0.4 is 20.9 Å². The van der Waals surface area contributed by atoms with Crippen LogP contribution in [0.4, 0.5) is 16.4 Å². The van der Waals surface area contributed by atoms with E-state index in [0.29, 0.717) is 36.6 Å². The van der Waals surface area contributed by atoms with E-state index in [9.17, 15) is 9.59 Å². The first-order chi connectivity index (χ1) is 15.4. The highest BCUT2D eigenvalue weighted by molar-refractivity contribution is 5.89. The molecule has 12 heteroatoms. The van der Waals surface area contributed by atoms with Gasteiger partial charge in [0.15, 0.2) is 0 Å². The van der Waals surface area contributed by atoms with Gasteiger partial charge in [0.2, 0.25) is 5.91 Å². The van der Waals surface area contributed by atoms with Gasteiger partial charge < -0.3 is 35.6 Å². The van der Waals surface area contributed by atoms with Crippen LogP contribution in [0.25, 0.3) is 0 Å². The quantitative estimate of drug-likeness (QED) is 0.311. The first-order valence-corrected chi connectivity index (χ1v) is 9.84. The topological polar surface area (TPSA) is 169 Å². The Morgan fingerprint density at radius 2 is 1.91 bits per heavy atom. The third-order valence-electron chi connectivity index (χ3n) is 4.13. The molecule has 2 rings (SSSR count). The molecule has 32 heavy (non-hydrogen) atoms. The fourth-order valence-corrected chi connectivity index (χ4v) is 2.80. The van der Waals surface area contributed by atoms with Crippen molar-refractivity contribution in [1.29, 1.82) is 0 Å². The monoisotopic (exact) mass is 454 g/mol. The number of aromatic nitrogens is 2. The molecule has 0 saturated carbocycles. The number of amides is 3. The molecule has 3 amide bonds. The van der Waals surface area contributed by atoms with Gasteiger partial charge in [-0.1, -0.05) is 13.2 Å². The number of nitrogens with zero attached hydrogens (tertiary/aromatic N) is 3. The highest BCUT2D eigenvalue weighted by Crippen LogP contribution is 2.30. The molecule has 1 aliphatic heterocycles. The van der Waals surface area contributed by atoms with Crippen LogP contribution in [0.15, 0.2) is 31.4 Å². The van der Waals surface area contributed by atoms with Crippen LogP contribution in [-0.4, -0.2) is 76.9 Å². The molecule has 12 nitrogen and oxygen atoms in total. The van der Waals surface area contributed by atoms with Gasteiger partial charge in [0.05, 0.1) is 6.54 Å². The van der Waals surface area contributed by atoms with Crippen molar-refractivity contribution < 1.29 is 29.6 Å². The van der Waals surface area contributed by atoms with E-state index in [0.717, 1.165) is 14.2 Å². The lowest BCUT2D eigenvalue weighted by atomic mass is 10.2. The van der Waals surface area contributed by atoms with E-state index in [1.54, 1.807) is 18.0 Å². The molecule has 2 atom stereocenters. The first-order valence-electron chi connectivity index (χ1n) is 9.84. The standard InChI is InChI=1S/C18H26N6O4.2CH4O/c1-5-19-18(27)23-15-12(4)16(22-10-21-15)24(6-2)14-8-7-13(28-14)17(26)20-9-11(3)25;2*1-2/h6,10,13-14,25H,2-3,5,7-9H2,1,4H3,(H,20,26)(H2,19,21,22,23,27);2*2H,1H3. The van der Waals surface area contributed by atoms with Gasteiger partial charge in [0.25, 0.3) is 0 Å². The lowest BCUT2D eigenvalue weighted by Crippen LogP contribution is -2.38. The fraction of sp³-hybridized carbons (Fsp3) is 0.500. The van der Waals surface area contributed by atoms with E-state index < -0.39 is 12.3 Å². The molecule has 0 bridgehead atoms. The Hall–Kier alpha value is -3.22. The maximum Gasteiger partial charge on any atom is 0.320 e. The summed E-state index contributed by atoms with van der Waals surface area (Å²) in [6.07, 6.45) is 2.89. The number of aliphatic hydroxyl groups is 3. The number of anilines is 2. The minimum atomic E-state index is -0.651. The highest BCUT2D eigenvalue weighted by atomic mass is 16.5. The lowest BCUT2D eigenvalue weighted by Gasteiger charge is -2.27. The third-order valence-corrected chi connectivity index (χ3v) is 4.13. The summed E-state index contributed by atoms with van der Waals surface area (Å²) in [5.41, 5.74) is 0.640. The number of hydrogen-bond donors (Lipinski definition) is 6. The van der Waals surface area contributed by atoms with Crippen LogP contribution in [0.1, 0.15) is 25.3 Å². The zero-order chi connectivity index (χ0) is 24.7. The van der Waals surface area contributed by atoms with Crippen molar-refractivity contribution in [1.82, 2.24) is 20.6 Å². The Kier molecular flexibility index (Phi) is 14.0. The number of urea groups is 1. The second kappa shape index (κ2) is 15.6. The molecule has 1 aliphatic rings. The van der Waals surface area contributed by atoms with Crippen molar-refractivity contribution >= 4 is 23.6 Å². The fourth-order valence-electron chi connectivity index (χ4n) is 2.80. The number of aliphatic hydroxyl groups excluding tert-OH is 3. The second-order valence-electron chi connectivity index (χ2n) is 6.19. The van der Waals surface area contributed by atoms with E-state index in [-0.39, 0.29) is 24.2 Å². The minimum absolute atomic E-state index is 0.0194. The predicted octanol–water partition coefficient (Wildman–Crippen LogP) is 0.786. The largest absolute Gasteiger partial charge is 0.511 e. The van der Waals surface area contributed by atoms with Crippen LogP contribution in [0.5, 0.6) is 0 Å². The second-order valence-corrected chi connectivity index (χ2v) is 6.19. The molecule has 0 aliphatic carbocycles. The number of carbonyl (C=O) groups excluding carboxylic acids is 2. The molecular weight excluding hydrogens is 420 g/mol. The molecule has 1 aromatic heterocycles. The van der Waals surface area contributed by atoms with Gasteiger partial charge in [-0.2, -0.15) is 0 Å². The van der Waals surface area contributed by atoms with Crippen LogP contribution >= 0.6 is 0 Å². The van der Waals surface area contributed by atoms with Crippen molar-refractivity contribution in [3.8, 4) is 0 Å². The third kappa shape index (κ3) is 8.49. The van der Waals surface area contributed by atoms with Crippen molar-refractivity contribution in [2.24, 2.45) is 0 Å². The van der Waals surface area contributed by atoms with Crippen LogP contribution in [-0.2, 0) is 9.53 Å². The van der Waals surface area contributed by atoms with Crippen LogP contribution in [0.2, 0.25) is 0 Å². The van der Waals surface area contributed by atoms with Gasteiger partial charge >= 0.3 is 6.03 Å². The van der Waals surface area contributed by atoms with Crippen LogP contribution in [0, 0.1) is 6.92 Å². The summed E-state index contributed by atoms with van der Waals surface area (Å²) in [6, 6.07) is -0.361. The predicted molar refractivity (Wildman–Crippen MR) is 121 cm³/mol. The van der Waals surface area contributed by atoms with E-state index in [4.69, 9.17) is 20.1 Å². The molecule has 2 heterocycles. The summed E-state index contributed by atoms with van der Waals surface area (Å²) >= 11 is 0. The van der Waals surface area contributed by atoms with Crippen LogP contribution in [0.3, 0.4) is 0 Å². The SMILES string of the molecule is C=CN(c1ncnc(NC(=O)NCC)c1C)C1CCC(C(=O)NCC(=C)O)O1.CO.CO. The summed E-state index contributed by atoms with van der Waals surface area (Å²) in [4.78, 5) is 34.0. The maximum atomic E-state index is 12.1. The molecule has 1 saturated heterocycles. The minimum Gasteiger partial charge on any atom is -0.511 e. The van der Waals surface area contributed by atoms with E-state index in [1.807, 2.05) is 6.92 Å². The zero-order valence-corrected chi connectivity index (χ0v) is 19.0. The molecule has 1 aromatic rings. The lowest BCUT2D eigenvalue weighted by molar-refractivity contribution is -0.131. The van der Waals surface area contributed by atoms with Gasteiger partial charge in [-0.05, 0) is 26.7 Å². The summed E-state index contributed by atoms with van der Waals surface area (Å²) in [7, 11) is 2.00. The summed E-state index contributed by atoms with van der Waals surface area (Å²) in [6.45, 7) is 11.2. The number of rotatable bonds is 8. The maximum absolute atomic E-state index is 12.1. The van der Waals surface area contributed by atoms with Gasteiger partial charge in [-0.25, -0.2) is 14.8 Å². The van der Waals surface area contributed by atoms with E-state index in [2.05, 4.69) is 39.1 Å². The highest BCUT2D eigenvalue weighted by Gasteiger charge is 2.34. The Labute approximate surface area is 188 Å². The zero-order valence-electron chi connectivity index (χ0n) is 19.0. The number of carbonyl (C=O) groups is 2. The number of hydrogen-bond acceptors (Lipinski definition) is 9. The number of ether oxygens (including phenoxy) is 1. The molecule has 6 N–H and O–H groups in total. The average Bonchev–Trinajstić information content (AvgIpc) is 3.28. The molecule has 1 fully saturated rings. The number of nitrogens with one attached hydrogen (secondary N) is 3. The van der Waals surface area contributed by atoms with Crippen molar-refractivity contribution in [2.75, 3.05) is 37.5 Å². The molecule has 0 aromatic carbocycles. The Balaban J connectivity index is 0.00000227. The van der Waals surface area contributed by atoms with Gasteiger partial charge in [0, 0.05) is 32.5 Å². The van der Waals surface area contributed by atoms with Crippen molar-refractivity contribution in [3.05, 3.63) is 37.0 Å². The smallest absolute Gasteiger partial charge is 0.320 e. The molecular formula is C20H34N6O6. The molecule has 0 radical (unpaired) electrons. The normalized spacial score (nSPS) is 16.3.